The molecule has 1 aromatic carbocycles. The number of carbonyl (C=O) groups excluding carboxylic acids is 1. The second-order valence-corrected chi connectivity index (χ2v) is 10.5. The standard InChI is InChI=1S/C26H36N2O4S/c1-19(2)31-17-21(29)15-27(14-20-8-9-20)16-26(30)28-12-10-25-23(11-13-33-25)24(28)18-32-22-6-4-3-5-7-22/h3-7,11,13,19-21,24,29H,8-10,12,14-18H2,1-2H3. The molecular formula is C26H36N2O4S. The van der Waals surface area contributed by atoms with Gasteiger partial charge in [0, 0.05) is 24.5 Å². The number of aliphatic hydroxyl groups excluding tert-OH is 1. The minimum absolute atomic E-state index is 0.0803. The number of benzene rings is 1. The van der Waals surface area contributed by atoms with Crippen LogP contribution >= 0.6 is 11.3 Å². The summed E-state index contributed by atoms with van der Waals surface area (Å²) in [5.74, 6) is 1.56. The Morgan fingerprint density at radius 2 is 2.03 bits per heavy atom. The van der Waals surface area contributed by atoms with Gasteiger partial charge in [-0.25, -0.2) is 0 Å². The maximum absolute atomic E-state index is 13.5. The highest BCUT2D eigenvalue weighted by molar-refractivity contribution is 7.10. The van der Waals surface area contributed by atoms with Crippen LogP contribution in [0.1, 0.15) is 43.2 Å². The zero-order valence-electron chi connectivity index (χ0n) is 19.7. The molecule has 2 unspecified atom stereocenters. The maximum Gasteiger partial charge on any atom is 0.237 e. The van der Waals surface area contributed by atoms with E-state index in [1.54, 1.807) is 11.3 Å². The Morgan fingerprint density at radius 3 is 2.76 bits per heavy atom. The van der Waals surface area contributed by atoms with E-state index in [9.17, 15) is 9.90 Å². The molecule has 33 heavy (non-hydrogen) atoms. The highest BCUT2D eigenvalue weighted by atomic mass is 32.1. The summed E-state index contributed by atoms with van der Waals surface area (Å²) in [6.07, 6.45) is 2.78. The summed E-state index contributed by atoms with van der Waals surface area (Å²) in [5, 5.41) is 12.6. The maximum atomic E-state index is 13.5. The number of nitrogens with zero attached hydrogens (tertiary/aromatic N) is 2. The summed E-state index contributed by atoms with van der Waals surface area (Å²) in [5.41, 5.74) is 1.20. The van der Waals surface area contributed by atoms with E-state index >= 15 is 0 Å². The molecule has 0 radical (unpaired) electrons. The van der Waals surface area contributed by atoms with Gasteiger partial charge in [0.25, 0.3) is 0 Å². The molecule has 1 fully saturated rings. The Kier molecular flexibility index (Phi) is 8.41. The van der Waals surface area contributed by atoms with Crippen LogP contribution in [0.3, 0.4) is 0 Å². The van der Waals surface area contributed by atoms with Crippen LogP contribution in [0.15, 0.2) is 41.8 Å². The van der Waals surface area contributed by atoms with Crippen LogP contribution in [0.5, 0.6) is 5.75 Å². The normalized spacial score (nSPS) is 19.1. The summed E-state index contributed by atoms with van der Waals surface area (Å²) in [6.45, 7) is 6.98. The van der Waals surface area contributed by atoms with Crippen LogP contribution in [0.2, 0.25) is 0 Å². The third-order valence-electron chi connectivity index (χ3n) is 6.23. The zero-order valence-corrected chi connectivity index (χ0v) is 20.5. The van der Waals surface area contributed by atoms with Gasteiger partial charge in [-0.1, -0.05) is 18.2 Å². The first kappa shape index (κ1) is 24.2. The molecule has 0 saturated heterocycles. The first-order valence-corrected chi connectivity index (χ1v) is 12.9. The Hall–Kier alpha value is -1.93. The molecule has 1 aliphatic heterocycles. The van der Waals surface area contributed by atoms with Gasteiger partial charge in [0.15, 0.2) is 0 Å². The van der Waals surface area contributed by atoms with E-state index in [-0.39, 0.29) is 18.1 Å². The molecule has 1 aliphatic carbocycles. The Morgan fingerprint density at radius 1 is 1.24 bits per heavy atom. The smallest absolute Gasteiger partial charge is 0.237 e. The predicted octanol–water partition coefficient (Wildman–Crippen LogP) is 3.75. The van der Waals surface area contributed by atoms with E-state index in [4.69, 9.17) is 9.47 Å². The average molecular weight is 473 g/mol. The first-order valence-electron chi connectivity index (χ1n) is 12.0. The van der Waals surface area contributed by atoms with Crippen molar-refractivity contribution in [2.75, 3.05) is 39.4 Å². The Balaban J connectivity index is 1.42. The molecule has 1 aromatic heterocycles. The van der Waals surface area contributed by atoms with Crippen LogP contribution in [0.25, 0.3) is 0 Å². The van der Waals surface area contributed by atoms with E-state index < -0.39 is 6.10 Å². The lowest BCUT2D eigenvalue weighted by molar-refractivity contribution is -0.136. The van der Waals surface area contributed by atoms with Gasteiger partial charge in [0.05, 0.1) is 31.4 Å². The van der Waals surface area contributed by atoms with Crippen molar-refractivity contribution in [3.05, 3.63) is 52.2 Å². The highest BCUT2D eigenvalue weighted by Crippen LogP contribution is 2.34. The van der Waals surface area contributed by atoms with Crippen molar-refractivity contribution in [2.45, 2.75) is 51.4 Å². The Bertz CT molecular complexity index is 883. The molecule has 2 aromatic rings. The fourth-order valence-corrected chi connectivity index (χ4v) is 5.30. The van der Waals surface area contributed by atoms with Crippen LogP contribution in [0, 0.1) is 5.92 Å². The summed E-state index contributed by atoms with van der Waals surface area (Å²) in [7, 11) is 0. The molecule has 2 heterocycles. The zero-order chi connectivity index (χ0) is 23.2. The lowest BCUT2D eigenvalue weighted by atomic mass is 10.0. The molecule has 4 rings (SSSR count). The summed E-state index contributed by atoms with van der Waals surface area (Å²) < 4.78 is 11.7. The predicted molar refractivity (Wildman–Crippen MR) is 131 cm³/mol. The number of hydrogen-bond acceptors (Lipinski definition) is 6. The molecule has 1 N–H and O–H groups in total. The van der Waals surface area contributed by atoms with Gasteiger partial charge in [0.1, 0.15) is 12.4 Å². The fourth-order valence-electron chi connectivity index (χ4n) is 4.37. The largest absolute Gasteiger partial charge is 0.491 e. The van der Waals surface area contributed by atoms with Crippen LogP contribution in [-0.2, 0) is 16.0 Å². The quantitative estimate of drug-likeness (QED) is 0.510. The molecule has 0 bridgehead atoms. The number of rotatable bonds is 12. The lowest BCUT2D eigenvalue weighted by Gasteiger charge is -2.37. The molecule has 2 aliphatic rings. The number of aliphatic hydroxyl groups is 1. The number of para-hydroxylation sites is 1. The van der Waals surface area contributed by atoms with Crippen molar-refractivity contribution >= 4 is 17.2 Å². The molecule has 1 saturated carbocycles. The number of carbonyl (C=O) groups is 1. The molecule has 0 spiro atoms. The molecule has 7 heteroatoms. The number of thiophene rings is 1. The second kappa shape index (κ2) is 11.5. The average Bonchev–Trinajstić information content (AvgIpc) is 3.48. The highest BCUT2D eigenvalue weighted by Gasteiger charge is 2.34. The van der Waals surface area contributed by atoms with Gasteiger partial charge in [-0.15, -0.1) is 11.3 Å². The number of fused-ring (bicyclic) bond motifs is 1. The van der Waals surface area contributed by atoms with Crippen molar-refractivity contribution in [3.8, 4) is 5.75 Å². The SMILES string of the molecule is CC(C)OCC(O)CN(CC(=O)N1CCc2sccc2C1COc1ccccc1)CC1CC1. The lowest BCUT2D eigenvalue weighted by Crippen LogP contribution is -2.48. The third kappa shape index (κ3) is 7.03. The van der Waals surface area contributed by atoms with Crippen LogP contribution in [-0.4, -0.2) is 72.4 Å². The molecule has 2 atom stereocenters. The van der Waals surface area contributed by atoms with E-state index in [0.29, 0.717) is 38.8 Å². The first-order chi connectivity index (χ1) is 16.0. The van der Waals surface area contributed by atoms with Gasteiger partial charge >= 0.3 is 0 Å². The van der Waals surface area contributed by atoms with Gasteiger partial charge in [-0.05, 0) is 68.2 Å². The number of ether oxygens (including phenoxy) is 2. The fraction of sp³-hybridized carbons (Fsp3) is 0.577. The number of amides is 1. The van der Waals surface area contributed by atoms with Crippen molar-refractivity contribution in [1.82, 2.24) is 9.80 Å². The minimum Gasteiger partial charge on any atom is -0.491 e. The monoisotopic (exact) mass is 472 g/mol. The van der Waals surface area contributed by atoms with Gasteiger partial charge in [-0.2, -0.15) is 0 Å². The summed E-state index contributed by atoms with van der Waals surface area (Å²) in [6, 6.07) is 11.8. The van der Waals surface area contributed by atoms with Crippen LogP contribution < -0.4 is 4.74 Å². The van der Waals surface area contributed by atoms with E-state index in [1.165, 1.54) is 23.3 Å². The van der Waals surface area contributed by atoms with E-state index in [2.05, 4.69) is 16.3 Å². The van der Waals surface area contributed by atoms with Crippen molar-refractivity contribution < 1.29 is 19.4 Å². The third-order valence-corrected chi connectivity index (χ3v) is 7.23. The van der Waals surface area contributed by atoms with E-state index in [0.717, 1.165) is 18.7 Å². The van der Waals surface area contributed by atoms with Crippen LogP contribution in [0.4, 0.5) is 0 Å². The number of hydrogen-bond donors (Lipinski definition) is 1. The molecular weight excluding hydrogens is 436 g/mol. The minimum atomic E-state index is -0.596. The summed E-state index contributed by atoms with van der Waals surface area (Å²) in [4.78, 5) is 19.0. The van der Waals surface area contributed by atoms with Crippen molar-refractivity contribution in [1.29, 1.82) is 0 Å². The van der Waals surface area contributed by atoms with Gasteiger partial charge in [-0.3, -0.25) is 9.69 Å². The Labute approximate surface area is 201 Å². The van der Waals surface area contributed by atoms with E-state index in [1.807, 2.05) is 49.1 Å². The second-order valence-electron chi connectivity index (χ2n) is 9.45. The van der Waals surface area contributed by atoms with Crippen molar-refractivity contribution in [3.63, 3.8) is 0 Å². The molecule has 180 valence electrons. The molecule has 6 nitrogen and oxygen atoms in total. The van der Waals surface area contributed by atoms with Gasteiger partial charge in [0.2, 0.25) is 5.91 Å². The van der Waals surface area contributed by atoms with Gasteiger partial charge < -0.3 is 19.5 Å². The van der Waals surface area contributed by atoms with Crippen molar-refractivity contribution in [2.24, 2.45) is 5.92 Å². The molecule has 1 amide bonds. The summed E-state index contributed by atoms with van der Waals surface area (Å²) >= 11 is 1.76. The topological polar surface area (TPSA) is 62.2 Å².